The van der Waals surface area contributed by atoms with Crippen LogP contribution in [-0.2, 0) is 10.0 Å². The lowest BCUT2D eigenvalue weighted by Crippen LogP contribution is -2.27. The molecule has 146 valence electrons. The van der Waals surface area contributed by atoms with Crippen LogP contribution in [0.2, 0.25) is 0 Å². The molecule has 3 aromatic rings. The van der Waals surface area contributed by atoms with E-state index in [1.54, 1.807) is 12.1 Å². The molecule has 0 amide bonds. The standard InChI is InChI=1S/C19H17FN2O5S/c1-11-3-9-15(10-4-11)28(25,26)22-12(2)18-16(19(23)24)17(21-27-18)13-5-7-14(20)8-6-13/h3-10,12,22H,1-2H3,(H,23,24). The van der Waals surface area contributed by atoms with Crippen LogP contribution in [0.4, 0.5) is 4.39 Å². The average molecular weight is 404 g/mol. The highest BCUT2D eigenvalue weighted by molar-refractivity contribution is 7.89. The molecule has 3 rings (SSSR count). The SMILES string of the molecule is Cc1ccc(S(=O)(=O)NC(C)c2onc(-c3ccc(F)cc3)c2C(=O)O)cc1. The number of aryl methyl sites for hydroxylation is 1. The van der Waals surface area contributed by atoms with Crippen LogP contribution >= 0.6 is 0 Å². The van der Waals surface area contributed by atoms with Gasteiger partial charge in [0.05, 0.1) is 10.9 Å². The van der Waals surface area contributed by atoms with E-state index in [1.807, 2.05) is 6.92 Å². The van der Waals surface area contributed by atoms with Crippen molar-refractivity contribution in [2.75, 3.05) is 0 Å². The van der Waals surface area contributed by atoms with Gasteiger partial charge in [0.1, 0.15) is 17.1 Å². The Labute approximate surface area is 160 Å². The first-order valence-electron chi connectivity index (χ1n) is 8.27. The molecule has 1 unspecified atom stereocenters. The Bertz CT molecular complexity index is 1110. The first-order valence-corrected chi connectivity index (χ1v) is 9.75. The van der Waals surface area contributed by atoms with Gasteiger partial charge in [-0.2, -0.15) is 0 Å². The Hall–Kier alpha value is -3.04. The maximum Gasteiger partial charge on any atom is 0.341 e. The van der Waals surface area contributed by atoms with Crippen molar-refractivity contribution in [3.8, 4) is 11.3 Å². The van der Waals surface area contributed by atoms with Gasteiger partial charge < -0.3 is 9.63 Å². The topological polar surface area (TPSA) is 110 Å². The van der Waals surface area contributed by atoms with Gasteiger partial charge in [-0.05, 0) is 50.2 Å². The molecule has 0 bridgehead atoms. The number of nitrogens with one attached hydrogen (secondary N) is 1. The smallest absolute Gasteiger partial charge is 0.341 e. The molecule has 1 atom stereocenters. The molecular weight excluding hydrogens is 387 g/mol. The molecule has 0 aliphatic carbocycles. The lowest BCUT2D eigenvalue weighted by Gasteiger charge is -2.12. The maximum atomic E-state index is 13.1. The molecule has 0 fully saturated rings. The Morgan fingerprint density at radius 2 is 1.75 bits per heavy atom. The number of rotatable bonds is 6. The lowest BCUT2D eigenvalue weighted by molar-refractivity contribution is 0.0694. The fraction of sp³-hybridized carbons (Fsp3) is 0.158. The van der Waals surface area contributed by atoms with Gasteiger partial charge in [0, 0.05) is 5.56 Å². The Balaban J connectivity index is 1.95. The van der Waals surface area contributed by atoms with Gasteiger partial charge in [0.2, 0.25) is 10.0 Å². The fourth-order valence-corrected chi connectivity index (χ4v) is 3.88. The molecular formula is C19H17FN2O5S. The highest BCUT2D eigenvalue weighted by Crippen LogP contribution is 2.30. The van der Waals surface area contributed by atoms with Crippen LogP contribution in [0.1, 0.15) is 34.6 Å². The quantitative estimate of drug-likeness (QED) is 0.650. The molecule has 0 spiro atoms. The number of hydrogen-bond donors (Lipinski definition) is 2. The van der Waals surface area contributed by atoms with Crippen LogP contribution in [0.5, 0.6) is 0 Å². The van der Waals surface area contributed by atoms with Crippen molar-refractivity contribution >= 4 is 16.0 Å². The third-order valence-corrected chi connectivity index (χ3v) is 5.66. The van der Waals surface area contributed by atoms with E-state index in [4.69, 9.17) is 4.52 Å². The van der Waals surface area contributed by atoms with Crippen LogP contribution in [0.15, 0.2) is 57.9 Å². The Kier molecular flexibility index (Phi) is 5.30. The average Bonchev–Trinajstić information content (AvgIpc) is 3.08. The molecule has 0 saturated heterocycles. The summed E-state index contributed by atoms with van der Waals surface area (Å²) in [7, 11) is -3.91. The van der Waals surface area contributed by atoms with Crippen molar-refractivity contribution < 1.29 is 27.2 Å². The summed E-state index contributed by atoms with van der Waals surface area (Å²) in [6, 6.07) is 10.3. The van der Waals surface area contributed by atoms with Gasteiger partial charge in [-0.15, -0.1) is 0 Å². The molecule has 7 nitrogen and oxygen atoms in total. The molecule has 1 heterocycles. The Morgan fingerprint density at radius 3 is 2.32 bits per heavy atom. The summed E-state index contributed by atoms with van der Waals surface area (Å²) in [5.74, 6) is -1.97. The number of benzene rings is 2. The number of sulfonamides is 1. The largest absolute Gasteiger partial charge is 0.477 e. The number of nitrogens with zero attached hydrogens (tertiary/aromatic N) is 1. The van der Waals surface area contributed by atoms with E-state index in [9.17, 15) is 22.7 Å². The molecule has 0 radical (unpaired) electrons. The van der Waals surface area contributed by atoms with E-state index in [2.05, 4.69) is 9.88 Å². The Morgan fingerprint density at radius 1 is 1.14 bits per heavy atom. The van der Waals surface area contributed by atoms with Gasteiger partial charge in [-0.3, -0.25) is 0 Å². The summed E-state index contributed by atoms with van der Waals surface area (Å²) in [4.78, 5) is 11.8. The first-order chi connectivity index (χ1) is 13.2. The summed E-state index contributed by atoms with van der Waals surface area (Å²) in [5, 5.41) is 13.4. The van der Waals surface area contributed by atoms with Crippen molar-refractivity contribution in [3.05, 3.63) is 71.2 Å². The lowest BCUT2D eigenvalue weighted by atomic mass is 10.0. The third-order valence-electron chi connectivity index (χ3n) is 4.11. The van der Waals surface area contributed by atoms with Gasteiger partial charge in [0.15, 0.2) is 5.76 Å². The first kappa shape index (κ1) is 19.7. The van der Waals surface area contributed by atoms with Crippen molar-refractivity contribution in [2.45, 2.75) is 24.8 Å². The minimum absolute atomic E-state index is 0.0103. The van der Waals surface area contributed by atoms with Crippen LogP contribution in [-0.4, -0.2) is 24.7 Å². The molecule has 2 aromatic carbocycles. The van der Waals surface area contributed by atoms with E-state index in [-0.39, 0.29) is 21.9 Å². The molecule has 2 N–H and O–H groups in total. The van der Waals surface area contributed by atoms with E-state index in [0.717, 1.165) is 5.56 Å². The third kappa shape index (κ3) is 3.95. The van der Waals surface area contributed by atoms with Gasteiger partial charge >= 0.3 is 5.97 Å². The summed E-state index contributed by atoms with van der Waals surface area (Å²) < 4.78 is 45.8. The molecule has 0 aliphatic heterocycles. The predicted molar refractivity (Wildman–Crippen MR) is 98.8 cm³/mol. The van der Waals surface area contributed by atoms with Crippen LogP contribution in [0.3, 0.4) is 0 Å². The number of carboxylic acids is 1. The molecule has 0 saturated carbocycles. The van der Waals surface area contributed by atoms with Crippen LogP contribution in [0, 0.1) is 12.7 Å². The van der Waals surface area contributed by atoms with Gasteiger partial charge in [0.25, 0.3) is 0 Å². The molecule has 9 heteroatoms. The number of halogens is 1. The number of aromatic nitrogens is 1. The second kappa shape index (κ2) is 7.53. The van der Waals surface area contributed by atoms with Gasteiger partial charge in [-0.25, -0.2) is 22.3 Å². The van der Waals surface area contributed by atoms with Crippen molar-refractivity contribution in [3.63, 3.8) is 0 Å². The normalized spacial score (nSPS) is 12.7. The maximum absolute atomic E-state index is 13.1. The zero-order valence-corrected chi connectivity index (χ0v) is 15.8. The van der Waals surface area contributed by atoms with E-state index in [1.165, 1.54) is 43.3 Å². The second-order valence-corrected chi connectivity index (χ2v) is 7.95. The summed E-state index contributed by atoms with van der Waals surface area (Å²) >= 11 is 0. The van der Waals surface area contributed by atoms with Crippen LogP contribution in [0.25, 0.3) is 11.3 Å². The molecule has 0 aliphatic rings. The van der Waals surface area contributed by atoms with Crippen LogP contribution < -0.4 is 4.72 Å². The highest BCUT2D eigenvalue weighted by atomic mass is 32.2. The monoisotopic (exact) mass is 404 g/mol. The zero-order chi connectivity index (χ0) is 20.5. The summed E-state index contributed by atoms with van der Waals surface area (Å²) in [5.41, 5.74) is 0.941. The summed E-state index contributed by atoms with van der Waals surface area (Å²) in [6.07, 6.45) is 0. The van der Waals surface area contributed by atoms with Gasteiger partial charge in [-0.1, -0.05) is 22.9 Å². The van der Waals surface area contributed by atoms with E-state index in [0.29, 0.717) is 5.56 Å². The highest BCUT2D eigenvalue weighted by Gasteiger charge is 2.29. The zero-order valence-electron chi connectivity index (χ0n) is 15.0. The fourth-order valence-electron chi connectivity index (χ4n) is 2.68. The number of carbonyl (C=O) groups is 1. The second-order valence-electron chi connectivity index (χ2n) is 6.24. The number of aromatic carboxylic acids is 1. The van der Waals surface area contributed by atoms with E-state index < -0.39 is 27.9 Å². The van der Waals surface area contributed by atoms with Crippen molar-refractivity contribution in [2.24, 2.45) is 0 Å². The number of carboxylic acid groups (broad SMARTS) is 1. The van der Waals surface area contributed by atoms with Crippen molar-refractivity contribution in [1.82, 2.24) is 9.88 Å². The van der Waals surface area contributed by atoms with E-state index >= 15 is 0 Å². The molecule has 28 heavy (non-hydrogen) atoms. The minimum atomic E-state index is -3.91. The number of hydrogen-bond acceptors (Lipinski definition) is 5. The predicted octanol–water partition coefficient (Wildman–Crippen LogP) is 3.53. The minimum Gasteiger partial charge on any atom is -0.477 e. The summed E-state index contributed by atoms with van der Waals surface area (Å²) in [6.45, 7) is 3.28. The molecule has 1 aromatic heterocycles. The van der Waals surface area contributed by atoms with Crippen molar-refractivity contribution in [1.29, 1.82) is 0 Å².